The summed E-state index contributed by atoms with van der Waals surface area (Å²) in [7, 11) is 0. The number of carbonyl (C=O) groups excluding carboxylic acids is 2. The highest BCUT2D eigenvalue weighted by atomic mass is 16.6. The molecule has 0 saturated carbocycles. The lowest BCUT2D eigenvalue weighted by Gasteiger charge is -2.22. The van der Waals surface area contributed by atoms with Crippen LogP contribution in [0, 0.1) is 5.92 Å². The molecule has 0 aromatic heterocycles. The van der Waals surface area contributed by atoms with Crippen LogP contribution < -0.4 is 10.5 Å². The standard InChI is InChI=1S/C26H35NO5/c1-19(27)22-14-8-9-15-23(22)31-25(29)21(17-24(28)32-26(2,3)4)13-10-16-30-18-20-11-6-5-7-12-20/h5-9,11-12,14-15,19,21H,10,13,16-18,27H2,1-4H3/t19-,21+/m1/s1. The monoisotopic (exact) mass is 441 g/mol. The first-order valence-corrected chi connectivity index (χ1v) is 11.1. The lowest BCUT2D eigenvalue weighted by molar-refractivity contribution is -0.159. The third kappa shape index (κ3) is 9.20. The molecule has 0 aliphatic heterocycles. The maximum atomic E-state index is 13.0. The average molecular weight is 442 g/mol. The highest BCUT2D eigenvalue weighted by molar-refractivity contribution is 5.81. The minimum Gasteiger partial charge on any atom is -0.460 e. The van der Waals surface area contributed by atoms with E-state index in [-0.39, 0.29) is 12.5 Å². The van der Waals surface area contributed by atoms with Gasteiger partial charge in [-0.15, -0.1) is 0 Å². The summed E-state index contributed by atoms with van der Waals surface area (Å²) < 4.78 is 16.8. The summed E-state index contributed by atoms with van der Waals surface area (Å²) in [5.41, 5.74) is 7.20. The van der Waals surface area contributed by atoms with E-state index >= 15 is 0 Å². The fourth-order valence-electron chi connectivity index (χ4n) is 3.23. The van der Waals surface area contributed by atoms with Crippen LogP contribution in [0.25, 0.3) is 0 Å². The van der Waals surface area contributed by atoms with Gasteiger partial charge < -0.3 is 19.9 Å². The highest BCUT2D eigenvalue weighted by Gasteiger charge is 2.27. The summed E-state index contributed by atoms with van der Waals surface area (Å²) in [6.07, 6.45) is 1.02. The summed E-state index contributed by atoms with van der Waals surface area (Å²) in [5, 5.41) is 0. The first kappa shape index (κ1) is 25.6. The molecule has 32 heavy (non-hydrogen) atoms. The van der Waals surface area contributed by atoms with E-state index in [0.29, 0.717) is 31.8 Å². The van der Waals surface area contributed by atoms with E-state index in [1.54, 1.807) is 32.9 Å². The molecule has 6 nitrogen and oxygen atoms in total. The smallest absolute Gasteiger partial charge is 0.314 e. The molecule has 0 amide bonds. The summed E-state index contributed by atoms with van der Waals surface area (Å²) in [5.74, 6) is -1.11. The van der Waals surface area contributed by atoms with Gasteiger partial charge in [-0.3, -0.25) is 9.59 Å². The Kier molecular flexibility index (Phi) is 9.88. The fraction of sp³-hybridized carbons (Fsp3) is 0.462. The lowest BCUT2D eigenvalue weighted by Crippen LogP contribution is -2.29. The number of carbonyl (C=O) groups is 2. The van der Waals surface area contributed by atoms with Gasteiger partial charge in [0, 0.05) is 18.2 Å². The van der Waals surface area contributed by atoms with Gasteiger partial charge in [0.2, 0.25) is 0 Å². The van der Waals surface area contributed by atoms with Crippen LogP contribution in [0.3, 0.4) is 0 Å². The average Bonchev–Trinajstić information content (AvgIpc) is 2.72. The Morgan fingerprint density at radius 1 is 1.00 bits per heavy atom. The molecule has 6 heteroatoms. The van der Waals surface area contributed by atoms with Crippen molar-refractivity contribution in [3.8, 4) is 5.75 Å². The Balaban J connectivity index is 1.98. The van der Waals surface area contributed by atoms with E-state index in [1.165, 1.54) is 0 Å². The van der Waals surface area contributed by atoms with Crippen LogP contribution in [-0.4, -0.2) is 24.1 Å². The second-order valence-electron chi connectivity index (χ2n) is 8.92. The number of hydrogen-bond donors (Lipinski definition) is 1. The van der Waals surface area contributed by atoms with Crippen molar-refractivity contribution >= 4 is 11.9 Å². The first-order chi connectivity index (χ1) is 15.2. The number of para-hydroxylation sites is 1. The summed E-state index contributed by atoms with van der Waals surface area (Å²) in [4.78, 5) is 25.4. The number of rotatable bonds is 11. The quantitative estimate of drug-likeness (QED) is 0.301. The predicted octanol–water partition coefficient (Wildman–Crippen LogP) is 4.96. The molecule has 0 radical (unpaired) electrons. The Morgan fingerprint density at radius 2 is 1.66 bits per heavy atom. The number of hydrogen-bond acceptors (Lipinski definition) is 6. The van der Waals surface area contributed by atoms with Crippen molar-refractivity contribution < 1.29 is 23.8 Å². The Bertz CT molecular complexity index is 858. The summed E-state index contributed by atoms with van der Waals surface area (Å²) in [6, 6.07) is 16.8. The van der Waals surface area contributed by atoms with Gasteiger partial charge in [-0.05, 0) is 52.2 Å². The topological polar surface area (TPSA) is 87.9 Å². The van der Waals surface area contributed by atoms with Crippen molar-refractivity contribution in [1.82, 2.24) is 0 Å². The molecule has 2 aromatic carbocycles. The third-order valence-corrected chi connectivity index (χ3v) is 4.74. The number of ether oxygens (including phenoxy) is 3. The van der Waals surface area contributed by atoms with Crippen molar-refractivity contribution in [2.45, 2.75) is 65.2 Å². The van der Waals surface area contributed by atoms with Gasteiger partial charge in [-0.2, -0.15) is 0 Å². The zero-order chi connectivity index (χ0) is 23.6. The summed E-state index contributed by atoms with van der Waals surface area (Å²) in [6.45, 7) is 8.21. The van der Waals surface area contributed by atoms with E-state index in [4.69, 9.17) is 19.9 Å². The van der Waals surface area contributed by atoms with E-state index < -0.39 is 23.5 Å². The first-order valence-electron chi connectivity index (χ1n) is 11.1. The van der Waals surface area contributed by atoms with Gasteiger partial charge in [0.25, 0.3) is 0 Å². The molecule has 2 N–H and O–H groups in total. The number of esters is 2. The second-order valence-corrected chi connectivity index (χ2v) is 8.92. The van der Waals surface area contributed by atoms with Crippen LogP contribution in [0.2, 0.25) is 0 Å². The maximum Gasteiger partial charge on any atom is 0.314 e. The molecule has 0 fully saturated rings. The van der Waals surface area contributed by atoms with Crippen LogP contribution in [0.5, 0.6) is 5.75 Å². The third-order valence-electron chi connectivity index (χ3n) is 4.74. The predicted molar refractivity (Wildman–Crippen MR) is 124 cm³/mol. The van der Waals surface area contributed by atoms with Gasteiger partial charge in [0.15, 0.2) is 0 Å². The van der Waals surface area contributed by atoms with Gasteiger partial charge in [0.05, 0.1) is 18.9 Å². The maximum absolute atomic E-state index is 13.0. The van der Waals surface area contributed by atoms with E-state index in [0.717, 1.165) is 11.1 Å². The van der Waals surface area contributed by atoms with Crippen molar-refractivity contribution in [3.05, 3.63) is 65.7 Å². The van der Waals surface area contributed by atoms with Crippen LogP contribution >= 0.6 is 0 Å². The molecule has 0 aliphatic carbocycles. The van der Waals surface area contributed by atoms with Crippen LogP contribution in [-0.2, 0) is 25.7 Å². The van der Waals surface area contributed by atoms with Crippen LogP contribution in [0.15, 0.2) is 54.6 Å². The molecule has 2 atom stereocenters. The van der Waals surface area contributed by atoms with Crippen LogP contribution in [0.4, 0.5) is 0 Å². The largest absolute Gasteiger partial charge is 0.460 e. The van der Waals surface area contributed by atoms with Crippen molar-refractivity contribution in [1.29, 1.82) is 0 Å². The van der Waals surface area contributed by atoms with E-state index in [9.17, 15) is 9.59 Å². The van der Waals surface area contributed by atoms with Crippen molar-refractivity contribution in [2.75, 3.05) is 6.61 Å². The number of nitrogens with two attached hydrogens (primary N) is 1. The molecule has 0 bridgehead atoms. The normalized spacial score (nSPS) is 13.3. The summed E-state index contributed by atoms with van der Waals surface area (Å²) >= 11 is 0. The molecule has 174 valence electrons. The van der Waals surface area contributed by atoms with Gasteiger partial charge in [-0.25, -0.2) is 0 Å². The molecule has 0 spiro atoms. The Labute approximate surface area is 191 Å². The zero-order valence-corrected chi connectivity index (χ0v) is 19.5. The minimum atomic E-state index is -0.633. The lowest BCUT2D eigenvalue weighted by atomic mass is 9.99. The molecule has 0 heterocycles. The molecule has 0 saturated heterocycles. The number of benzene rings is 2. The Hall–Kier alpha value is -2.70. The van der Waals surface area contributed by atoms with E-state index in [2.05, 4.69) is 0 Å². The minimum absolute atomic E-state index is 0.0465. The van der Waals surface area contributed by atoms with Crippen molar-refractivity contribution in [2.24, 2.45) is 11.7 Å². The molecule has 0 aliphatic rings. The van der Waals surface area contributed by atoms with E-state index in [1.807, 2.05) is 49.4 Å². The van der Waals surface area contributed by atoms with Crippen LogP contribution in [0.1, 0.15) is 64.1 Å². The molecular formula is C26H35NO5. The fourth-order valence-corrected chi connectivity index (χ4v) is 3.23. The van der Waals surface area contributed by atoms with Crippen molar-refractivity contribution in [3.63, 3.8) is 0 Å². The zero-order valence-electron chi connectivity index (χ0n) is 19.5. The van der Waals surface area contributed by atoms with Gasteiger partial charge in [-0.1, -0.05) is 48.5 Å². The molecule has 2 aromatic rings. The Morgan fingerprint density at radius 3 is 2.31 bits per heavy atom. The second kappa shape index (κ2) is 12.4. The SMILES string of the molecule is C[C@@H](N)c1ccccc1OC(=O)[C@@H](CCCOCc1ccccc1)CC(=O)OC(C)(C)C. The highest BCUT2D eigenvalue weighted by Crippen LogP contribution is 2.26. The molecular weight excluding hydrogens is 406 g/mol. The molecule has 2 rings (SSSR count). The molecule has 0 unspecified atom stereocenters. The van der Waals surface area contributed by atoms with Gasteiger partial charge in [0.1, 0.15) is 11.4 Å². The van der Waals surface area contributed by atoms with Gasteiger partial charge >= 0.3 is 11.9 Å².